The Labute approximate surface area is 127 Å². The van der Waals surface area contributed by atoms with Crippen molar-refractivity contribution in [2.45, 2.75) is 25.6 Å². The van der Waals surface area contributed by atoms with Crippen LogP contribution in [-0.4, -0.2) is 14.5 Å². The number of benzene rings is 1. The topological polar surface area (TPSA) is 65.1 Å². The van der Waals surface area contributed by atoms with Crippen LogP contribution in [0.3, 0.4) is 0 Å². The number of aryl methyl sites for hydroxylation is 2. The highest BCUT2D eigenvalue weighted by atomic mass is 32.2. The van der Waals surface area contributed by atoms with E-state index in [4.69, 9.17) is 5.73 Å². The average molecular weight is 304 g/mol. The van der Waals surface area contributed by atoms with E-state index in [-0.39, 0.29) is 5.56 Å². The Hall–Kier alpha value is -1.88. The van der Waals surface area contributed by atoms with Crippen LogP contribution in [0.1, 0.15) is 17.5 Å². The number of hydrogen-bond donors (Lipinski definition) is 1. The molecule has 1 aromatic carbocycles. The molecule has 1 unspecified atom stereocenters. The van der Waals surface area contributed by atoms with Crippen molar-refractivity contribution in [1.29, 1.82) is 0 Å². The Kier molecular flexibility index (Phi) is 5.33. The molecule has 1 heterocycles. The first-order valence-electron chi connectivity index (χ1n) is 6.92. The summed E-state index contributed by atoms with van der Waals surface area (Å²) in [5, 5.41) is 0. The quantitative estimate of drug-likeness (QED) is 0.888. The Balaban J connectivity index is 1.86. The van der Waals surface area contributed by atoms with E-state index in [1.807, 2.05) is 31.2 Å². The van der Waals surface area contributed by atoms with Gasteiger partial charge in [0, 0.05) is 46.8 Å². The van der Waals surface area contributed by atoms with Gasteiger partial charge in [0.1, 0.15) is 0 Å². The molecular formula is C16H20N2O2S. The van der Waals surface area contributed by atoms with Crippen molar-refractivity contribution >= 4 is 16.5 Å². The maximum Gasteiger partial charge on any atom is 0.250 e. The molecule has 2 N–H and O–H groups in total. The van der Waals surface area contributed by atoms with Gasteiger partial charge < -0.3 is 10.3 Å². The Bertz CT molecular complexity index is 695. The van der Waals surface area contributed by atoms with Crippen LogP contribution in [-0.2, 0) is 23.1 Å². The lowest BCUT2D eigenvalue weighted by Crippen LogP contribution is -2.20. The van der Waals surface area contributed by atoms with Crippen LogP contribution in [0.5, 0.6) is 0 Å². The monoisotopic (exact) mass is 304 g/mol. The SMILES string of the molecule is Cc1ccccc1CS(=O)CCCn1cc(N)ccc1=O. The summed E-state index contributed by atoms with van der Waals surface area (Å²) in [5.41, 5.74) is 8.44. The molecule has 0 aliphatic carbocycles. The van der Waals surface area contributed by atoms with Crippen molar-refractivity contribution in [2.75, 3.05) is 11.5 Å². The van der Waals surface area contributed by atoms with Crippen molar-refractivity contribution in [3.05, 3.63) is 64.1 Å². The van der Waals surface area contributed by atoms with Gasteiger partial charge in [-0.05, 0) is 30.5 Å². The lowest BCUT2D eigenvalue weighted by atomic mass is 10.1. The smallest absolute Gasteiger partial charge is 0.250 e. The maximum atomic E-state index is 12.1. The molecule has 21 heavy (non-hydrogen) atoms. The van der Waals surface area contributed by atoms with Gasteiger partial charge >= 0.3 is 0 Å². The summed E-state index contributed by atoms with van der Waals surface area (Å²) in [6.45, 7) is 2.57. The average Bonchev–Trinajstić information content (AvgIpc) is 2.45. The third-order valence-corrected chi connectivity index (χ3v) is 4.73. The first kappa shape index (κ1) is 15.5. The molecule has 0 bridgehead atoms. The van der Waals surface area contributed by atoms with Crippen molar-refractivity contribution in [3.63, 3.8) is 0 Å². The van der Waals surface area contributed by atoms with Gasteiger partial charge in [-0.25, -0.2) is 0 Å². The van der Waals surface area contributed by atoms with Crippen LogP contribution in [0.25, 0.3) is 0 Å². The minimum absolute atomic E-state index is 0.0751. The Morgan fingerprint density at radius 1 is 1.19 bits per heavy atom. The number of anilines is 1. The molecule has 0 saturated heterocycles. The predicted octanol–water partition coefficient (Wildman–Crippen LogP) is 2.08. The number of hydrogen-bond acceptors (Lipinski definition) is 3. The van der Waals surface area contributed by atoms with E-state index in [9.17, 15) is 9.00 Å². The predicted molar refractivity (Wildman–Crippen MR) is 87.6 cm³/mol. The van der Waals surface area contributed by atoms with E-state index in [1.54, 1.807) is 16.8 Å². The molecule has 0 amide bonds. The van der Waals surface area contributed by atoms with E-state index < -0.39 is 10.8 Å². The number of nitrogens with two attached hydrogens (primary N) is 1. The molecule has 0 fully saturated rings. The van der Waals surface area contributed by atoms with Gasteiger partial charge in [-0.2, -0.15) is 0 Å². The highest BCUT2D eigenvalue weighted by molar-refractivity contribution is 7.84. The van der Waals surface area contributed by atoms with Gasteiger partial charge in [0.25, 0.3) is 5.56 Å². The van der Waals surface area contributed by atoms with Crippen LogP contribution in [0.4, 0.5) is 5.69 Å². The molecule has 4 nitrogen and oxygen atoms in total. The lowest BCUT2D eigenvalue weighted by molar-refractivity contribution is 0.644. The van der Waals surface area contributed by atoms with Gasteiger partial charge in [-0.3, -0.25) is 9.00 Å². The molecule has 0 saturated carbocycles. The fraction of sp³-hybridized carbons (Fsp3) is 0.312. The second-order valence-corrected chi connectivity index (χ2v) is 6.64. The summed E-state index contributed by atoms with van der Waals surface area (Å²) in [5.74, 6) is 1.15. The summed E-state index contributed by atoms with van der Waals surface area (Å²) < 4.78 is 13.7. The van der Waals surface area contributed by atoms with E-state index >= 15 is 0 Å². The number of aromatic nitrogens is 1. The van der Waals surface area contributed by atoms with Crippen LogP contribution < -0.4 is 11.3 Å². The van der Waals surface area contributed by atoms with Gasteiger partial charge in [0.05, 0.1) is 0 Å². The standard InChI is InChI=1S/C16H20N2O2S/c1-13-5-2-3-6-14(13)12-21(20)10-4-9-18-11-15(17)7-8-16(18)19/h2-3,5-8,11H,4,9-10,12,17H2,1H3. The summed E-state index contributed by atoms with van der Waals surface area (Å²) in [7, 11) is -0.914. The first-order chi connectivity index (χ1) is 10.1. The Morgan fingerprint density at radius 2 is 1.95 bits per heavy atom. The van der Waals surface area contributed by atoms with Crippen molar-refractivity contribution < 1.29 is 4.21 Å². The molecule has 0 aliphatic heterocycles. The number of rotatable bonds is 6. The minimum Gasteiger partial charge on any atom is -0.398 e. The van der Waals surface area contributed by atoms with E-state index in [1.165, 1.54) is 6.07 Å². The summed E-state index contributed by atoms with van der Waals surface area (Å²) in [6, 6.07) is 11.0. The fourth-order valence-electron chi connectivity index (χ4n) is 2.14. The molecule has 2 aromatic rings. The normalized spacial score (nSPS) is 12.2. The number of pyridine rings is 1. The molecule has 2 rings (SSSR count). The first-order valence-corrected chi connectivity index (χ1v) is 8.40. The second kappa shape index (κ2) is 7.22. The highest BCUT2D eigenvalue weighted by Gasteiger charge is 2.05. The molecule has 1 aromatic heterocycles. The largest absolute Gasteiger partial charge is 0.398 e. The van der Waals surface area contributed by atoms with E-state index in [2.05, 4.69) is 0 Å². The van der Waals surface area contributed by atoms with Gasteiger partial charge in [-0.15, -0.1) is 0 Å². The molecule has 1 atom stereocenters. The molecular weight excluding hydrogens is 284 g/mol. The van der Waals surface area contributed by atoms with Crippen LogP contribution in [0.2, 0.25) is 0 Å². The van der Waals surface area contributed by atoms with E-state index in [0.717, 1.165) is 11.1 Å². The molecule has 5 heteroatoms. The zero-order valence-corrected chi connectivity index (χ0v) is 12.9. The summed E-state index contributed by atoms with van der Waals surface area (Å²) >= 11 is 0. The zero-order chi connectivity index (χ0) is 15.2. The van der Waals surface area contributed by atoms with Crippen molar-refractivity contribution in [3.8, 4) is 0 Å². The molecule has 0 spiro atoms. The Morgan fingerprint density at radius 3 is 2.71 bits per heavy atom. The maximum absolute atomic E-state index is 12.1. The molecule has 112 valence electrons. The number of nitrogens with zero attached hydrogens (tertiary/aromatic N) is 1. The van der Waals surface area contributed by atoms with Crippen molar-refractivity contribution in [2.24, 2.45) is 0 Å². The zero-order valence-electron chi connectivity index (χ0n) is 12.1. The van der Waals surface area contributed by atoms with Crippen LogP contribution in [0.15, 0.2) is 47.4 Å². The van der Waals surface area contributed by atoms with Gasteiger partial charge in [0.2, 0.25) is 0 Å². The molecule has 0 aliphatic rings. The second-order valence-electron chi connectivity index (χ2n) is 5.06. The third-order valence-electron chi connectivity index (χ3n) is 3.36. The molecule has 0 radical (unpaired) electrons. The van der Waals surface area contributed by atoms with Crippen LogP contribution in [0, 0.1) is 6.92 Å². The van der Waals surface area contributed by atoms with Crippen LogP contribution >= 0.6 is 0 Å². The highest BCUT2D eigenvalue weighted by Crippen LogP contribution is 2.10. The fourth-order valence-corrected chi connectivity index (χ4v) is 3.40. The summed E-state index contributed by atoms with van der Waals surface area (Å²) in [4.78, 5) is 11.6. The van der Waals surface area contributed by atoms with Crippen molar-refractivity contribution in [1.82, 2.24) is 4.57 Å². The number of nitrogen functional groups attached to an aromatic ring is 1. The summed E-state index contributed by atoms with van der Waals surface area (Å²) in [6.07, 6.45) is 2.33. The van der Waals surface area contributed by atoms with Gasteiger partial charge in [-0.1, -0.05) is 24.3 Å². The van der Waals surface area contributed by atoms with Gasteiger partial charge in [0.15, 0.2) is 0 Å². The minimum atomic E-state index is -0.914. The third kappa shape index (κ3) is 4.56. The lowest BCUT2D eigenvalue weighted by Gasteiger charge is -2.08. The van der Waals surface area contributed by atoms with E-state index in [0.29, 0.717) is 30.2 Å².